The van der Waals surface area contributed by atoms with E-state index in [0.29, 0.717) is 17.2 Å². The summed E-state index contributed by atoms with van der Waals surface area (Å²) < 4.78 is 37.6. The fraction of sp³-hybridized carbons (Fsp3) is 0.200. The number of anilines is 1. The van der Waals surface area contributed by atoms with Gasteiger partial charge < -0.3 is 0 Å². The molecule has 124 valence electrons. The summed E-state index contributed by atoms with van der Waals surface area (Å²) in [6.45, 7) is 0. The van der Waals surface area contributed by atoms with Crippen molar-refractivity contribution in [2.24, 2.45) is 5.10 Å². The number of rotatable bonds is 2. The number of amides is 1. The number of alkyl halides is 3. The first-order valence-electron chi connectivity index (χ1n) is 6.92. The van der Waals surface area contributed by atoms with E-state index in [1.165, 1.54) is 0 Å². The summed E-state index contributed by atoms with van der Waals surface area (Å²) in [7, 11) is 0. The summed E-state index contributed by atoms with van der Waals surface area (Å²) in [6.07, 6.45) is -4.00. The van der Waals surface area contributed by atoms with Crippen LogP contribution in [-0.4, -0.2) is 21.8 Å². The second-order valence-electron chi connectivity index (χ2n) is 5.03. The highest BCUT2D eigenvalue weighted by Gasteiger charge is 2.33. The zero-order valence-electron chi connectivity index (χ0n) is 12.1. The van der Waals surface area contributed by atoms with E-state index in [1.807, 2.05) is 0 Å². The first-order chi connectivity index (χ1) is 11.3. The normalized spacial score (nSPS) is 15.4. The third kappa shape index (κ3) is 3.38. The average Bonchev–Trinajstić information content (AvgIpc) is 2.55. The molecular weight excluding hydrogens is 345 g/mol. The van der Waals surface area contributed by atoms with E-state index in [2.05, 4.69) is 15.3 Å². The highest BCUT2D eigenvalue weighted by molar-refractivity contribution is 6.30. The molecule has 0 saturated carbocycles. The van der Waals surface area contributed by atoms with Gasteiger partial charge in [-0.25, -0.2) is 0 Å². The van der Waals surface area contributed by atoms with Crippen LogP contribution >= 0.6 is 11.6 Å². The topological polar surface area (TPSA) is 58.5 Å². The van der Waals surface area contributed by atoms with Crippen molar-refractivity contribution in [1.29, 1.82) is 0 Å². The first kappa shape index (κ1) is 16.4. The Bertz CT molecular complexity index is 788. The minimum Gasteiger partial charge on any atom is -0.272 e. The van der Waals surface area contributed by atoms with Gasteiger partial charge in [0.05, 0.1) is 5.71 Å². The SMILES string of the molecule is O=C1CCC(c2ccc(Cl)cc2)=NN1c1ccc(C(F)(F)F)nn1. The smallest absolute Gasteiger partial charge is 0.272 e. The fourth-order valence-corrected chi connectivity index (χ4v) is 2.30. The molecule has 2 aromatic rings. The minimum absolute atomic E-state index is 0.0563. The number of hydrogen-bond acceptors (Lipinski definition) is 4. The van der Waals surface area contributed by atoms with Gasteiger partial charge in [0.15, 0.2) is 11.5 Å². The molecule has 0 spiro atoms. The Labute approximate surface area is 139 Å². The largest absolute Gasteiger partial charge is 0.435 e. The van der Waals surface area contributed by atoms with Gasteiger partial charge in [-0.15, -0.1) is 10.2 Å². The number of halogens is 4. The van der Waals surface area contributed by atoms with Crippen LogP contribution in [0.15, 0.2) is 41.5 Å². The minimum atomic E-state index is -4.59. The van der Waals surface area contributed by atoms with Crippen LogP contribution in [0.2, 0.25) is 5.02 Å². The number of carbonyl (C=O) groups excluding carboxylic acids is 1. The molecule has 0 radical (unpaired) electrons. The Morgan fingerprint density at radius 2 is 1.71 bits per heavy atom. The first-order valence-corrected chi connectivity index (χ1v) is 7.30. The summed E-state index contributed by atoms with van der Waals surface area (Å²) in [5.41, 5.74) is 0.266. The maximum atomic E-state index is 12.5. The van der Waals surface area contributed by atoms with E-state index in [4.69, 9.17) is 11.6 Å². The molecule has 3 rings (SSSR count). The number of aromatic nitrogens is 2. The summed E-state index contributed by atoms with van der Waals surface area (Å²) >= 11 is 5.84. The zero-order valence-corrected chi connectivity index (χ0v) is 12.8. The number of nitrogens with zero attached hydrogens (tertiary/aromatic N) is 4. The Morgan fingerprint density at radius 1 is 1.00 bits per heavy atom. The van der Waals surface area contributed by atoms with Crippen LogP contribution in [0.5, 0.6) is 0 Å². The third-order valence-corrected chi connectivity index (χ3v) is 3.62. The lowest BCUT2D eigenvalue weighted by molar-refractivity contribution is -0.141. The second kappa shape index (κ2) is 6.20. The zero-order chi connectivity index (χ0) is 17.3. The second-order valence-corrected chi connectivity index (χ2v) is 5.47. The predicted molar refractivity (Wildman–Crippen MR) is 81.7 cm³/mol. The molecule has 1 aromatic carbocycles. The van der Waals surface area contributed by atoms with Gasteiger partial charge in [-0.2, -0.15) is 23.3 Å². The number of hydrazone groups is 1. The number of carbonyl (C=O) groups is 1. The lowest BCUT2D eigenvalue weighted by Crippen LogP contribution is -2.32. The molecule has 0 atom stereocenters. The monoisotopic (exact) mass is 354 g/mol. The molecule has 0 N–H and O–H groups in total. The fourth-order valence-electron chi connectivity index (χ4n) is 2.17. The Hall–Kier alpha value is -2.48. The van der Waals surface area contributed by atoms with Crippen LogP contribution in [-0.2, 0) is 11.0 Å². The van der Waals surface area contributed by atoms with E-state index in [1.54, 1.807) is 24.3 Å². The standard InChI is InChI=1S/C15H10ClF3N4O/c16-10-3-1-9(2-4-10)11-5-8-14(24)23(22-11)13-7-6-12(20-21-13)15(17,18)19/h1-4,6-7H,5,8H2. The molecule has 1 aromatic heterocycles. The molecule has 1 aliphatic rings. The van der Waals surface area contributed by atoms with Crippen LogP contribution < -0.4 is 5.01 Å². The van der Waals surface area contributed by atoms with Gasteiger partial charge >= 0.3 is 6.18 Å². The summed E-state index contributed by atoms with van der Waals surface area (Å²) in [5.74, 6) is -0.416. The van der Waals surface area contributed by atoms with Gasteiger partial charge in [0.2, 0.25) is 5.91 Å². The number of benzene rings is 1. The van der Waals surface area contributed by atoms with Crippen LogP contribution in [0.3, 0.4) is 0 Å². The van der Waals surface area contributed by atoms with Gasteiger partial charge in [-0.05, 0) is 29.8 Å². The van der Waals surface area contributed by atoms with Gasteiger partial charge in [-0.1, -0.05) is 23.7 Å². The van der Waals surface area contributed by atoms with Gasteiger partial charge in [0.1, 0.15) is 0 Å². The molecule has 0 aliphatic carbocycles. The van der Waals surface area contributed by atoms with Crippen LogP contribution in [0, 0.1) is 0 Å². The summed E-state index contributed by atoms with van der Waals surface area (Å²) in [5, 5.41) is 12.3. The quantitative estimate of drug-likeness (QED) is 0.826. The van der Waals surface area contributed by atoms with E-state index >= 15 is 0 Å². The summed E-state index contributed by atoms with van der Waals surface area (Å²) in [6, 6.07) is 8.74. The highest BCUT2D eigenvalue weighted by Crippen LogP contribution is 2.28. The maximum absolute atomic E-state index is 12.5. The molecule has 2 heterocycles. The molecule has 24 heavy (non-hydrogen) atoms. The van der Waals surface area contributed by atoms with Crippen LogP contribution in [0.25, 0.3) is 0 Å². The maximum Gasteiger partial charge on any atom is 0.435 e. The Kier molecular flexibility index (Phi) is 4.23. The average molecular weight is 355 g/mol. The summed E-state index contributed by atoms with van der Waals surface area (Å²) in [4.78, 5) is 12.0. The Balaban J connectivity index is 1.92. The van der Waals surface area contributed by atoms with Gasteiger partial charge in [0, 0.05) is 17.9 Å². The highest BCUT2D eigenvalue weighted by atomic mass is 35.5. The van der Waals surface area contributed by atoms with Crippen LogP contribution in [0.4, 0.5) is 19.0 Å². The molecule has 0 unspecified atom stereocenters. The molecule has 1 amide bonds. The predicted octanol–water partition coefficient (Wildman–Crippen LogP) is 3.68. The molecule has 0 fully saturated rings. The van der Waals surface area contributed by atoms with Crippen molar-refractivity contribution in [2.45, 2.75) is 19.0 Å². The van der Waals surface area contributed by atoms with Crippen molar-refractivity contribution in [3.63, 3.8) is 0 Å². The molecule has 0 saturated heterocycles. The van der Waals surface area contributed by atoms with E-state index in [-0.39, 0.29) is 18.1 Å². The third-order valence-electron chi connectivity index (χ3n) is 3.37. The number of hydrogen-bond donors (Lipinski definition) is 0. The van der Waals surface area contributed by atoms with Crippen molar-refractivity contribution < 1.29 is 18.0 Å². The van der Waals surface area contributed by atoms with Crippen molar-refractivity contribution in [1.82, 2.24) is 10.2 Å². The molecule has 9 heteroatoms. The van der Waals surface area contributed by atoms with Gasteiger partial charge in [0.25, 0.3) is 0 Å². The van der Waals surface area contributed by atoms with E-state index in [9.17, 15) is 18.0 Å². The Morgan fingerprint density at radius 3 is 2.29 bits per heavy atom. The van der Waals surface area contributed by atoms with Crippen molar-refractivity contribution in [3.05, 3.63) is 52.7 Å². The van der Waals surface area contributed by atoms with Crippen molar-refractivity contribution >= 4 is 29.0 Å². The van der Waals surface area contributed by atoms with Crippen molar-refractivity contribution in [2.75, 3.05) is 5.01 Å². The van der Waals surface area contributed by atoms with Crippen LogP contribution in [0.1, 0.15) is 24.1 Å². The lowest BCUT2D eigenvalue weighted by Gasteiger charge is -2.22. The van der Waals surface area contributed by atoms with E-state index < -0.39 is 11.9 Å². The lowest BCUT2D eigenvalue weighted by atomic mass is 10.0. The molecule has 1 aliphatic heterocycles. The van der Waals surface area contributed by atoms with Gasteiger partial charge in [-0.3, -0.25) is 4.79 Å². The molecule has 5 nitrogen and oxygen atoms in total. The van der Waals surface area contributed by atoms with E-state index in [0.717, 1.165) is 22.7 Å². The molecule has 0 bridgehead atoms. The molecular formula is C15H10ClF3N4O. The van der Waals surface area contributed by atoms with Crippen molar-refractivity contribution in [3.8, 4) is 0 Å².